The molecule has 1 aromatic heterocycles. The van der Waals surface area contributed by atoms with Crippen molar-refractivity contribution in [2.45, 2.75) is 6.04 Å². The minimum atomic E-state index is -0.727. The van der Waals surface area contributed by atoms with E-state index in [2.05, 4.69) is 4.98 Å². The fraction of sp³-hybridized carbons (Fsp3) is 0.286. The average molecular weight is 416 g/mol. The number of methoxy groups -OCH3 is 1. The van der Waals surface area contributed by atoms with E-state index in [0.29, 0.717) is 35.0 Å². The Morgan fingerprint density at radius 1 is 1.24 bits per heavy atom. The van der Waals surface area contributed by atoms with Crippen molar-refractivity contribution in [3.63, 3.8) is 0 Å². The van der Waals surface area contributed by atoms with Gasteiger partial charge in [0.1, 0.15) is 11.5 Å². The highest BCUT2D eigenvalue weighted by atomic mass is 35.5. The lowest BCUT2D eigenvalue weighted by atomic mass is 9.96. The fourth-order valence-electron chi connectivity index (χ4n) is 3.28. The molecule has 0 aliphatic carbocycles. The molecular weight excluding hydrogens is 394 g/mol. The molecule has 2 heterocycles. The molecule has 1 atom stereocenters. The molecule has 2 aromatic rings. The van der Waals surface area contributed by atoms with E-state index in [0.717, 1.165) is 0 Å². The number of aromatic nitrogens is 1. The highest BCUT2D eigenvalue weighted by Gasteiger charge is 2.45. The zero-order valence-electron chi connectivity index (χ0n) is 16.4. The van der Waals surface area contributed by atoms with E-state index in [4.69, 9.17) is 16.3 Å². The number of rotatable bonds is 6. The molecule has 0 spiro atoms. The minimum absolute atomic E-state index is 0.0289. The average Bonchev–Trinajstić information content (AvgIpc) is 2.97. The molecule has 152 valence electrons. The van der Waals surface area contributed by atoms with Crippen molar-refractivity contribution in [2.24, 2.45) is 0 Å². The van der Waals surface area contributed by atoms with Gasteiger partial charge < -0.3 is 19.6 Å². The Morgan fingerprint density at radius 2 is 1.93 bits per heavy atom. The van der Waals surface area contributed by atoms with Gasteiger partial charge in [0.05, 0.1) is 23.7 Å². The number of nitrogens with zero attached hydrogens (tertiary/aromatic N) is 3. The maximum Gasteiger partial charge on any atom is 0.295 e. The van der Waals surface area contributed by atoms with Crippen LogP contribution < -0.4 is 4.74 Å². The van der Waals surface area contributed by atoms with Crippen LogP contribution in [0.15, 0.2) is 48.3 Å². The summed E-state index contributed by atoms with van der Waals surface area (Å²) in [5.41, 5.74) is 1.06. The third kappa shape index (κ3) is 4.11. The fourth-order valence-corrected chi connectivity index (χ4v) is 3.54. The number of aliphatic hydroxyl groups is 1. The molecule has 1 N–H and O–H groups in total. The lowest BCUT2D eigenvalue weighted by Crippen LogP contribution is -2.35. The second-order valence-electron chi connectivity index (χ2n) is 6.93. The molecular formula is C21H22ClN3O4. The van der Waals surface area contributed by atoms with Crippen molar-refractivity contribution >= 4 is 29.1 Å². The summed E-state index contributed by atoms with van der Waals surface area (Å²) in [7, 11) is 5.26. The second-order valence-corrected chi connectivity index (χ2v) is 7.33. The van der Waals surface area contributed by atoms with E-state index in [-0.39, 0.29) is 11.3 Å². The molecule has 0 saturated carbocycles. The molecule has 1 aromatic carbocycles. The Labute approximate surface area is 174 Å². The van der Waals surface area contributed by atoms with Crippen LogP contribution in [0.1, 0.15) is 17.2 Å². The van der Waals surface area contributed by atoms with E-state index in [1.165, 1.54) is 18.1 Å². The van der Waals surface area contributed by atoms with E-state index in [9.17, 15) is 14.7 Å². The van der Waals surface area contributed by atoms with E-state index < -0.39 is 17.7 Å². The number of benzene rings is 1. The molecule has 7 nitrogen and oxygen atoms in total. The zero-order valence-corrected chi connectivity index (χ0v) is 17.2. The standard InChI is InChI=1S/C21H22ClN3O4/c1-24(2)10-11-25-18(13-6-8-23-9-7-13)17(20(27)21(25)28)19(26)14-4-5-16(29-3)15(22)12-14/h4-9,12,18,26H,10-11H2,1-3H3/b19-17+. The van der Waals surface area contributed by atoms with E-state index >= 15 is 0 Å². The molecule has 1 aliphatic heterocycles. The summed E-state index contributed by atoms with van der Waals surface area (Å²) < 4.78 is 5.13. The first-order valence-electron chi connectivity index (χ1n) is 9.02. The van der Waals surface area contributed by atoms with Gasteiger partial charge in [0.15, 0.2) is 0 Å². The van der Waals surface area contributed by atoms with Crippen LogP contribution in [0.3, 0.4) is 0 Å². The molecule has 1 fully saturated rings. The zero-order chi connectivity index (χ0) is 21.1. The SMILES string of the molecule is COc1ccc(/C(O)=C2\C(=O)C(=O)N(CCN(C)C)C2c2ccncc2)cc1Cl. The summed E-state index contributed by atoms with van der Waals surface area (Å²) in [4.78, 5) is 33.0. The normalized spacial score (nSPS) is 18.5. The van der Waals surface area contributed by atoms with Gasteiger partial charge >= 0.3 is 0 Å². The van der Waals surface area contributed by atoms with Crippen molar-refractivity contribution in [2.75, 3.05) is 34.3 Å². The number of carbonyl (C=O) groups is 2. The van der Waals surface area contributed by atoms with Gasteiger partial charge in [0, 0.05) is 31.0 Å². The third-order valence-electron chi connectivity index (χ3n) is 4.78. The van der Waals surface area contributed by atoms with Crippen LogP contribution in [-0.2, 0) is 9.59 Å². The second kappa shape index (κ2) is 8.63. The van der Waals surface area contributed by atoms with Gasteiger partial charge in [-0.05, 0) is 50.0 Å². The largest absolute Gasteiger partial charge is 0.507 e. The van der Waals surface area contributed by atoms with Crippen LogP contribution in [0.5, 0.6) is 5.75 Å². The van der Waals surface area contributed by atoms with Gasteiger partial charge in [-0.3, -0.25) is 14.6 Å². The van der Waals surface area contributed by atoms with Gasteiger partial charge in [0.2, 0.25) is 0 Å². The molecule has 0 radical (unpaired) electrons. The minimum Gasteiger partial charge on any atom is -0.507 e. The van der Waals surface area contributed by atoms with Gasteiger partial charge in [-0.1, -0.05) is 11.6 Å². The van der Waals surface area contributed by atoms with Gasteiger partial charge in [-0.15, -0.1) is 0 Å². The number of ketones is 1. The van der Waals surface area contributed by atoms with Crippen molar-refractivity contribution in [1.82, 2.24) is 14.8 Å². The Bertz CT molecular complexity index is 960. The van der Waals surface area contributed by atoms with Crippen molar-refractivity contribution in [1.29, 1.82) is 0 Å². The van der Waals surface area contributed by atoms with Gasteiger partial charge in [-0.2, -0.15) is 0 Å². The first-order valence-corrected chi connectivity index (χ1v) is 9.40. The van der Waals surface area contributed by atoms with E-state index in [1.54, 1.807) is 36.7 Å². The third-order valence-corrected chi connectivity index (χ3v) is 5.07. The highest BCUT2D eigenvalue weighted by Crippen LogP contribution is 2.39. The van der Waals surface area contributed by atoms with E-state index in [1.807, 2.05) is 19.0 Å². The monoisotopic (exact) mass is 415 g/mol. The summed E-state index contributed by atoms with van der Waals surface area (Å²) in [6.07, 6.45) is 3.18. The number of aliphatic hydroxyl groups excluding tert-OH is 1. The Morgan fingerprint density at radius 3 is 2.52 bits per heavy atom. The van der Waals surface area contributed by atoms with Crippen LogP contribution in [0.2, 0.25) is 5.02 Å². The molecule has 0 bridgehead atoms. The maximum absolute atomic E-state index is 12.9. The molecule has 1 saturated heterocycles. The summed E-state index contributed by atoms with van der Waals surface area (Å²) in [5.74, 6) is -1.20. The smallest absolute Gasteiger partial charge is 0.295 e. The highest BCUT2D eigenvalue weighted by molar-refractivity contribution is 6.46. The van der Waals surface area contributed by atoms with Crippen LogP contribution >= 0.6 is 11.6 Å². The number of hydrogen-bond acceptors (Lipinski definition) is 6. The number of likely N-dealkylation sites (tertiary alicyclic amines) is 1. The lowest BCUT2D eigenvalue weighted by molar-refractivity contribution is -0.140. The number of Topliss-reactive ketones (excluding diaryl/α,β-unsaturated/α-hetero) is 1. The molecule has 1 amide bonds. The number of hydrogen-bond donors (Lipinski definition) is 1. The Kier molecular flexibility index (Phi) is 6.20. The molecule has 3 rings (SSSR count). The van der Waals surface area contributed by atoms with Crippen LogP contribution in [0, 0.1) is 0 Å². The first-order chi connectivity index (χ1) is 13.8. The summed E-state index contributed by atoms with van der Waals surface area (Å²) in [6, 6.07) is 7.45. The van der Waals surface area contributed by atoms with Crippen LogP contribution in [-0.4, -0.2) is 65.9 Å². The summed E-state index contributed by atoms with van der Waals surface area (Å²) in [6.45, 7) is 0.910. The number of pyridine rings is 1. The molecule has 8 heteroatoms. The molecule has 1 unspecified atom stereocenters. The van der Waals surface area contributed by atoms with Crippen molar-refractivity contribution in [3.05, 3.63) is 64.4 Å². The van der Waals surface area contributed by atoms with Crippen LogP contribution in [0.25, 0.3) is 5.76 Å². The molecule has 29 heavy (non-hydrogen) atoms. The Hall–Kier alpha value is -2.90. The number of halogens is 1. The van der Waals surface area contributed by atoms with Crippen molar-refractivity contribution < 1.29 is 19.4 Å². The van der Waals surface area contributed by atoms with Crippen LogP contribution in [0.4, 0.5) is 0 Å². The maximum atomic E-state index is 12.9. The summed E-state index contributed by atoms with van der Waals surface area (Å²) >= 11 is 6.18. The number of carbonyl (C=O) groups excluding carboxylic acids is 2. The quantitative estimate of drug-likeness (QED) is 0.443. The topological polar surface area (TPSA) is 83.0 Å². The van der Waals surface area contributed by atoms with Gasteiger partial charge in [0.25, 0.3) is 11.7 Å². The van der Waals surface area contributed by atoms with Crippen molar-refractivity contribution in [3.8, 4) is 5.75 Å². The van der Waals surface area contributed by atoms with Gasteiger partial charge in [-0.25, -0.2) is 0 Å². The number of likely N-dealkylation sites (N-methyl/N-ethyl adjacent to an activating group) is 1. The summed E-state index contributed by atoms with van der Waals surface area (Å²) in [5, 5.41) is 11.3. The molecule has 1 aliphatic rings. The lowest BCUT2D eigenvalue weighted by Gasteiger charge is -2.26. The number of amides is 1. The predicted molar refractivity (Wildman–Crippen MR) is 110 cm³/mol. The Balaban J connectivity index is 2.13. The predicted octanol–water partition coefficient (Wildman–Crippen LogP) is 2.73. The number of ether oxygens (including phenoxy) is 1. The first kappa shape index (κ1) is 20.8.